The summed E-state index contributed by atoms with van der Waals surface area (Å²) in [5.74, 6) is 0.443. The molecule has 0 radical (unpaired) electrons. The molecule has 2 aromatic carbocycles. The fourth-order valence-corrected chi connectivity index (χ4v) is 2.85. The number of hydrogen-bond acceptors (Lipinski definition) is 4. The highest BCUT2D eigenvalue weighted by Crippen LogP contribution is 2.38. The highest BCUT2D eigenvalue weighted by Gasteiger charge is 2.25. The van der Waals surface area contributed by atoms with Gasteiger partial charge in [-0.05, 0) is 43.2 Å². The van der Waals surface area contributed by atoms with E-state index in [-0.39, 0.29) is 5.91 Å². The maximum absolute atomic E-state index is 12.7. The molecule has 1 aliphatic carbocycles. The highest BCUT2D eigenvalue weighted by molar-refractivity contribution is 6.00. The Bertz CT molecular complexity index is 907. The Labute approximate surface area is 152 Å². The predicted octanol–water partition coefficient (Wildman–Crippen LogP) is 4.03. The Kier molecular flexibility index (Phi) is 4.60. The van der Waals surface area contributed by atoms with E-state index >= 15 is 0 Å². The molecule has 4 rings (SSSR count). The van der Waals surface area contributed by atoms with E-state index in [9.17, 15) is 4.79 Å². The lowest BCUT2D eigenvalue weighted by Gasteiger charge is -2.12. The zero-order valence-electron chi connectivity index (χ0n) is 14.4. The first kappa shape index (κ1) is 16.3. The van der Waals surface area contributed by atoms with Crippen molar-refractivity contribution in [3.8, 4) is 0 Å². The van der Waals surface area contributed by atoms with Gasteiger partial charge in [0.15, 0.2) is 0 Å². The summed E-state index contributed by atoms with van der Waals surface area (Å²) in [6.45, 7) is 0.390. The van der Waals surface area contributed by atoms with Crippen molar-refractivity contribution < 1.29 is 4.79 Å². The molecular formula is C21H20N4O. The van der Waals surface area contributed by atoms with Crippen molar-refractivity contribution in [3.05, 3.63) is 83.9 Å². The van der Waals surface area contributed by atoms with E-state index in [1.165, 1.54) is 12.8 Å². The minimum Gasteiger partial charge on any atom is -0.355 e. The van der Waals surface area contributed by atoms with Crippen molar-refractivity contribution in [1.29, 1.82) is 0 Å². The molecular weight excluding hydrogens is 324 g/mol. The maximum atomic E-state index is 12.7. The van der Waals surface area contributed by atoms with Crippen molar-refractivity contribution in [2.45, 2.75) is 25.3 Å². The molecule has 5 heteroatoms. The normalized spacial score (nSPS) is 13.2. The van der Waals surface area contributed by atoms with Gasteiger partial charge in [-0.15, -0.1) is 0 Å². The molecule has 1 aliphatic rings. The Morgan fingerprint density at radius 2 is 1.77 bits per heavy atom. The molecule has 1 aromatic heterocycles. The van der Waals surface area contributed by atoms with Crippen molar-refractivity contribution in [1.82, 2.24) is 15.3 Å². The molecule has 0 bridgehead atoms. The minimum atomic E-state index is -0.129. The van der Waals surface area contributed by atoms with Gasteiger partial charge >= 0.3 is 0 Å². The average Bonchev–Trinajstić information content (AvgIpc) is 3.53. The van der Waals surface area contributed by atoms with Crippen LogP contribution < -0.4 is 10.6 Å². The highest BCUT2D eigenvalue weighted by atomic mass is 16.1. The summed E-state index contributed by atoms with van der Waals surface area (Å²) in [7, 11) is 0. The Morgan fingerprint density at radius 3 is 2.58 bits per heavy atom. The lowest BCUT2D eigenvalue weighted by molar-refractivity contribution is 0.0951. The van der Waals surface area contributed by atoms with Gasteiger partial charge in [0, 0.05) is 17.3 Å². The second kappa shape index (κ2) is 7.35. The van der Waals surface area contributed by atoms with Gasteiger partial charge in [0.25, 0.3) is 5.91 Å². The fraction of sp³-hybridized carbons (Fsp3) is 0.190. The number of benzene rings is 2. The van der Waals surface area contributed by atoms with Gasteiger partial charge in [-0.1, -0.05) is 30.3 Å². The second-order valence-corrected chi connectivity index (χ2v) is 6.43. The van der Waals surface area contributed by atoms with Crippen LogP contribution >= 0.6 is 0 Å². The van der Waals surface area contributed by atoms with E-state index in [0.717, 1.165) is 22.8 Å². The smallest absolute Gasteiger partial charge is 0.253 e. The van der Waals surface area contributed by atoms with Crippen LogP contribution in [0, 0.1) is 0 Å². The molecule has 130 valence electrons. The molecule has 0 spiro atoms. The average molecular weight is 344 g/mol. The van der Waals surface area contributed by atoms with Gasteiger partial charge in [-0.2, -0.15) is 0 Å². The maximum Gasteiger partial charge on any atom is 0.253 e. The van der Waals surface area contributed by atoms with Crippen LogP contribution in [0.1, 0.15) is 40.5 Å². The zero-order valence-corrected chi connectivity index (χ0v) is 14.4. The lowest BCUT2D eigenvalue weighted by atomic mass is 10.1. The zero-order chi connectivity index (χ0) is 17.8. The van der Waals surface area contributed by atoms with Crippen LogP contribution in [0.4, 0.5) is 11.4 Å². The number of hydrogen-bond donors (Lipinski definition) is 2. The van der Waals surface area contributed by atoms with Crippen LogP contribution in [0.15, 0.2) is 67.0 Å². The van der Waals surface area contributed by atoms with Crippen LogP contribution in [-0.2, 0) is 6.54 Å². The number of carbonyl (C=O) groups excluding carboxylic acids is 1. The van der Waals surface area contributed by atoms with Gasteiger partial charge in [0.2, 0.25) is 0 Å². The number of anilines is 2. The molecule has 1 saturated carbocycles. The van der Waals surface area contributed by atoms with E-state index in [0.29, 0.717) is 18.0 Å². The molecule has 3 aromatic rings. The molecule has 0 aliphatic heterocycles. The molecule has 1 heterocycles. The molecule has 26 heavy (non-hydrogen) atoms. The van der Waals surface area contributed by atoms with Gasteiger partial charge in [0.05, 0.1) is 23.5 Å². The number of rotatable bonds is 6. The third-order valence-corrected chi connectivity index (χ3v) is 4.40. The molecule has 0 unspecified atom stereocenters. The third-order valence-electron chi connectivity index (χ3n) is 4.40. The molecule has 1 fully saturated rings. The molecule has 0 atom stereocenters. The van der Waals surface area contributed by atoms with Crippen LogP contribution in [0.25, 0.3) is 0 Å². The summed E-state index contributed by atoms with van der Waals surface area (Å²) in [5.41, 5.74) is 4.24. The van der Waals surface area contributed by atoms with Gasteiger partial charge < -0.3 is 10.6 Å². The van der Waals surface area contributed by atoms with E-state index in [2.05, 4.69) is 20.6 Å². The lowest BCUT2D eigenvalue weighted by Crippen LogP contribution is -2.24. The van der Waals surface area contributed by atoms with E-state index < -0.39 is 0 Å². The van der Waals surface area contributed by atoms with Crippen molar-refractivity contribution in [2.75, 3.05) is 5.32 Å². The largest absolute Gasteiger partial charge is 0.355 e. The Hall–Kier alpha value is -3.21. The number of aromatic nitrogens is 2. The first-order chi connectivity index (χ1) is 12.8. The Balaban J connectivity index is 1.45. The van der Waals surface area contributed by atoms with Crippen molar-refractivity contribution in [2.24, 2.45) is 0 Å². The van der Waals surface area contributed by atoms with Gasteiger partial charge in [0.1, 0.15) is 6.33 Å². The van der Waals surface area contributed by atoms with Crippen LogP contribution in [0.3, 0.4) is 0 Å². The fourth-order valence-electron chi connectivity index (χ4n) is 2.85. The van der Waals surface area contributed by atoms with E-state index in [1.807, 2.05) is 60.7 Å². The predicted molar refractivity (Wildman–Crippen MR) is 101 cm³/mol. The summed E-state index contributed by atoms with van der Waals surface area (Å²) >= 11 is 0. The quantitative estimate of drug-likeness (QED) is 0.708. The summed E-state index contributed by atoms with van der Waals surface area (Å²) in [6.07, 6.45) is 3.97. The number of carbonyl (C=O) groups is 1. The monoisotopic (exact) mass is 344 g/mol. The summed E-state index contributed by atoms with van der Waals surface area (Å²) in [5, 5.41) is 6.26. The van der Waals surface area contributed by atoms with Crippen LogP contribution in [-0.4, -0.2) is 15.9 Å². The molecule has 2 N–H and O–H groups in total. The van der Waals surface area contributed by atoms with E-state index in [1.54, 1.807) is 6.33 Å². The molecule has 5 nitrogen and oxygen atoms in total. The minimum absolute atomic E-state index is 0.129. The third kappa shape index (κ3) is 3.88. The van der Waals surface area contributed by atoms with Gasteiger partial charge in [-0.25, -0.2) is 9.97 Å². The number of amides is 1. The van der Waals surface area contributed by atoms with Crippen molar-refractivity contribution >= 4 is 17.3 Å². The second-order valence-electron chi connectivity index (χ2n) is 6.43. The van der Waals surface area contributed by atoms with E-state index in [4.69, 9.17) is 0 Å². The summed E-state index contributed by atoms with van der Waals surface area (Å²) < 4.78 is 0. The Morgan fingerprint density at radius 1 is 1.00 bits per heavy atom. The van der Waals surface area contributed by atoms with Gasteiger partial charge in [-0.3, -0.25) is 4.79 Å². The number of nitrogens with one attached hydrogen (secondary N) is 2. The summed E-state index contributed by atoms with van der Waals surface area (Å²) in [6, 6.07) is 19.3. The first-order valence-corrected chi connectivity index (χ1v) is 8.80. The standard InChI is InChI=1S/C21H20N4O/c26-21(22-13-17-12-20(15-10-11-15)24-14-23-17)18-8-4-5-9-19(18)25-16-6-2-1-3-7-16/h1-9,12,14-15,25H,10-11,13H2,(H,22,26). The number of nitrogens with zero attached hydrogens (tertiary/aromatic N) is 2. The SMILES string of the molecule is O=C(NCc1cc(C2CC2)ncn1)c1ccccc1Nc1ccccc1. The molecule has 0 saturated heterocycles. The van der Waals surface area contributed by atoms with Crippen LogP contribution in [0.5, 0.6) is 0 Å². The first-order valence-electron chi connectivity index (χ1n) is 8.80. The molecule has 1 amide bonds. The number of para-hydroxylation sites is 2. The van der Waals surface area contributed by atoms with Crippen molar-refractivity contribution in [3.63, 3.8) is 0 Å². The topological polar surface area (TPSA) is 66.9 Å². The summed E-state index contributed by atoms with van der Waals surface area (Å²) in [4.78, 5) is 21.2. The van der Waals surface area contributed by atoms with Crippen LogP contribution in [0.2, 0.25) is 0 Å².